The van der Waals surface area contributed by atoms with Gasteiger partial charge in [-0.25, -0.2) is 4.39 Å². The Balaban J connectivity index is 1.22. The number of hydrogen-bond acceptors (Lipinski definition) is 4. The molecule has 1 saturated carbocycles. The van der Waals surface area contributed by atoms with Gasteiger partial charge >= 0.3 is 0 Å². The Kier molecular flexibility index (Phi) is 7.88. The fourth-order valence-electron chi connectivity index (χ4n) is 4.65. The minimum absolute atomic E-state index is 0.125. The van der Waals surface area contributed by atoms with Gasteiger partial charge in [-0.2, -0.15) is 0 Å². The molecule has 0 unspecified atom stereocenters. The average molecular weight is 438 g/mol. The van der Waals surface area contributed by atoms with Crippen LogP contribution in [0.25, 0.3) is 6.08 Å². The smallest absolute Gasteiger partial charge is 0.244 e. The first kappa shape index (κ1) is 22.5. The molecule has 2 heterocycles. The van der Waals surface area contributed by atoms with Crippen molar-refractivity contribution >= 4 is 12.0 Å². The van der Waals surface area contributed by atoms with E-state index >= 15 is 0 Å². The summed E-state index contributed by atoms with van der Waals surface area (Å²) >= 11 is 0. The summed E-state index contributed by atoms with van der Waals surface area (Å²) in [6.07, 6.45) is 15.1. The highest BCUT2D eigenvalue weighted by atomic mass is 19.1. The molecule has 1 aliphatic carbocycles. The van der Waals surface area contributed by atoms with Gasteiger partial charge in [0.1, 0.15) is 5.75 Å². The Morgan fingerprint density at radius 1 is 1.16 bits per heavy atom. The molecular weight excluding hydrogens is 405 g/mol. The number of nitrogens with zero attached hydrogens (tertiary/aromatic N) is 2. The van der Waals surface area contributed by atoms with Crippen LogP contribution in [0.15, 0.2) is 48.8 Å². The maximum atomic E-state index is 14.4. The SMILES string of the molecule is O=C(/C=C/c1ccc(Oc2cccnc2)c(F)c1)NC1CCN(CC2CCCCC2)CC1. The lowest BCUT2D eigenvalue weighted by atomic mass is 9.88. The van der Waals surface area contributed by atoms with Crippen LogP contribution < -0.4 is 10.1 Å². The molecule has 1 aromatic carbocycles. The van der Waals surface area contributed by atoms with Gasteiger partial charge in [0, 0.05) is 37.9 Å². The zero-order chi connectivity index (χ0) is 22.2. The van der Waals surface area contributed by atoms with E-state index < -0.39 is 5.82 Å². The molecule has 1 aromatic heterocycles. The Morgan fingerprint density at radius 3 is 2.69 bits per heavy atom. The lowest BCUT2D eigenvalue weighted by Crippen LogP contribution is -2.45. The molecule has 6 heteroatoms. The maximum absolute atomic E-state index is 14.4. The first-order valence-corrected chi connectivity index (χ1v) is 11.7. The van der Waals surface area contributed by atoms with Crippen molar-refractivity contribution in [3.63, 3.8) is 0 Å². The molecule has 0 bridgehead atoms. The molecule has 170 valence electrons. The largest absolute Gasteiger partial charge is 0.453 e. The normalized spacial score (nSPS) is 18.7. The molecule has 2 aliphatic rings. The number of ether oxygens (including phenoxy) is 1. The number of rotatable bonds is 7. The third kappa shape index (κ3) is 6.63. The van der Waals surface area contributed by atoms with Gasteiger partial charge in [-0.05, 0) is 67.5 Å². The van der Waals surface area contributed by atoms with Gasteiger partial charge < -0.3 is 15.0 Å². The second kappa shape index (κ2) is 11.2. The van der Waals surface area contributed by atoms with Gasteiger partial charge in [0.15, 0.2) is 11.6 Å². The Morgan fingerprint density at radius 2 is 1.97 bits per heavy atom. The molecule has 2 aromatic rings. The predicted molar refractivity (Wildman–Crippen MR) is 124 cm³/mol. The molecule has 32 heavy (non-hydrogen) atoms. The van der Waals surface area contributed by atoms with Crippen LogP contribution in [-0.4, -0.2) is 41.5 Å². The minimum Gasteiger partial charge on any atom is -0.453 e. The van der Waals surface area contributed by atoms with E-state index in [0.29, 0.717) is 11.3 Å². The summed E-state index contributed by atoms with van der Waals surface area (Å²) in [6.45, 7) is 3.32. The summed E-state index contributed by atoms with van der Waals surface area (Å²) in [5.74, 6) is 0.839. The van der Waals surface area contributed by atoms with Crippen LogP contribution in [0.2, 0.25) is 0 Å². The van der Waals surface area contributed by atoms with Crippen molar-refractivity contribution in [2.24, 2.45) is 5.92 Å². The first-order valence-electron chi connectivity index (χ1n) is 11.7. The summed E-state index contributed by atoms with van der Waals surface area (Å²) in [7, 11) is 0. The van der Waals surface area contributed by atoms with Crippen LogP contribution in [0, 0.1) is 11.7 Å². The summed E-state index contributed by atoms with van der Waals surface area (Å²) in [4.78, 5) is 18.9. The first-order chi connectivity index (χ1) is 15.7. The molecule has 4 rings (SSSR count). The van der Waals surface area contributed by atoms with Crippen LogP contribution >= 0.6 is 0 Å². The van der Waals surface area contributed by atoms with Gasteiger partial charge in [-0.15, -0.1) is 0 Å². The predicted octanol–water partition coefficient (Wildman–Crippen LogP) is 5.19. The molecule has 1 N–H and O–H groups in total. The Hall–Kier alpha value is -2.73. The number of carbonyl (C=O) groups excluding carboxylic acids is 1. The van der Waals surface area contributed by atoms with Gasteiger partial charge in [0.25, 0.3) is 0 Å². The minimum atomic E-state index is -0.484. The van der Waals surface area contributed by atoms with E-state index in [1.165, 1.54) is 57.0 Å². The lowest BCUT2D eigenvalue weighted by molar-refractivity contribution is -0.117. The van der Waals surface area contributed by atoms with Gasteiger partial charge in [-0.3, -0.25) is 9.78 Å². The molecule has 1 aliphatic heterocycles. The van der Waals surface area contributed by atoms with Crippen molar-refractivity contribution in [1.82, 2.24) is 15.2 Å². The quantitative estimate of drug-likeness (QED) is 0.606. The second-order valence-corrected chi connectivity index (χ2v) is 8.90. The Bertz CT molecular complexity index is 905. The van der Waals surface area contributed by atoms with E-state index in [4.69, 9.17) is 4.74 Å². The number of likely N-dealkylation sites (tertiary alicyclic amines) is 1. The van der Waals surface area contributed by atoms with Crippen LogP contribution in [0.3, 0.4) is 0 Å². The van der Waals surface area contributed by atoms with E-state index in [0.717, 1.165) is 31.8 Å². The van der Waals surface area contributed by atoms with Crippen molar-refractivity contribution in [1.29, 1.82) is 0 Å². The molecule has 1 saturated heterocycles. The number of halogens is 1. The number of pyridine rings is 1. The van der Waals surface area contributed by atoms with Crippen LogP contribution in [-0.2, 0) is 4.79 Å². The molecule has 0 radical (unpaired) electrons. The van der Waals surface area contributed by atoms with E-state index in [1.807, 2.05) is 0 Å². The van der Waals surface area contributed by atoms with Crippen LogP contribution in [0.1, 0.15) is 50.5 Å². The highest BCUT2D eigenvalue weighted by molar-refractivity contribution is 5.91. The number of piperidine rings is 1. The van der Waals surface area contributed by atoms with E-state index in [1.54, 1.807) is 36.5 Å². The maximum Gasteiger partial charge on any atom is 0.244 e. The van der Waals surface area contributed by atoms with Crippen LogP contribution in [0.4, 0.5) is 4.39 Å². The Labute approximate surface area is 189 Å². The van der Waals surface area contributed by atoms with E-state index in [2.05, 4.69) is 15.2 Å². The molecule has 0 spiro atoms. The number of carbonyl (C=O) groups is 1. The highest BCUT2D eigenvalue weighted by Gasteiger charge is 2.23. The van der Waals surface area contributed by atoms with Gasteiger partial charge in [0.2, 0.25) is 5.91 Å². The number of hydrogen-bond donors (Lipinski definition) is 1. The zero-order valence-corrected chi connectivity index (χ0v) is 18.5. The molecule has 0 atom stereocenters. The molecular formula is C26H32FN3O2. The van der Waals surface area contributed by atoms with Crippen molar-refractivity contribution in [2.75, 3.05) is 19.6 Å². The monoisotopic (exact) mass is 437 g/mol. The zero-order valence-electron chi connectivity index (χ0n) is 18.5. The number of benzene rings is 1. The number of nitrogens with one attached hydrogen (secondary N) is 1. The average Bonchev–Trinajstić information content (AvgIpc) is 2.82. The highest BCUT2D eigenvalue weighted by Crippen LogP contribution is 2.26. The summed E-state index contributed by atoms with van der Waals surface area (Å²) in [6, 6.07) is 8.29. The molecule has 2 fully saturated rings. The standard InChI is InChI=1S/C26H32FN3O2/c27-24-17-20(8-10-25(24)32-23-7-4-14-28-18-23)9-11-26(31)29-22-12-15-30(16-13-22)19-21-5-2-1-3-6-21/h4,7-11,14,17-18,21-22H,1-3,5-6,12-13,15-16,19H2,(H,29,31)/b11-9+. The molecule has 5 nitrogen and oxygen atoms in total. The van der Waals surface area contributed by atoms with Crippen molar-refractivity contribution in [3.8, 4) is 11.5 Å². The third-order valence-electron chi connectivity index (χ3n) is 6.42. The molecule has 1 amide bonds. The summed E-state index contributed by atoms with van der Waals surface area (Å²) in [5, 5.41) is 3.09. The third-order valence-corrected chi connectivity index (χ3v) is 6.42. The van der Waals surface area contributed by atoms with Gasteiger partial charge in [-0.1, -0.05) is 25.3 Å². The summed E-state index contributed by atoms with van der Waals surface area (Å²) in [5.41, 5.74) is 0.610. The second-order valence-electron chi connectivity index (χ2n) is 8.90. The number of aromatic nitrogens is 1. The lowest BCUT2D eigenvalue weighted by Gasteiger charge is -2.35. The van der Waals surface area contributed by atoms with Gasteiger partial charge in [0.05, 0.1) is 6.20 Å². The van der Waals surface area contributed by atoms with Crippen molar-refractivity contribution in [2.45, 2.75) is 51.0 Å². The van der Waals surface area contributed by atoms with Crippen molar-refractivity contribution in [3.05, 3.63) is 60.2 Å². The number of amides is 1. The summed E-state index contributed by atoms with van der Waals surface area (Å²) < 4.78 is 19.9. The van der Waals surface area contributed by atoms with Crippen LogP contribution in [0.5, 0.6) is 11.5 Å². The van der Waals surface area contributed by atoms with E-state index in [-0.39, 0.29) is 17.7 Å². The van der Waals surface area contributed by atoms with E-state index in [9.17, 15) is 9.18 Å². The topological polar surface area (TPSA) is 54.5 Å². The fourth-order valence-corrected chi connectivity index (χ4v) is 4.65. The fraction of sp³-hybridized carbons (Fsp3) is 0.462. The van der Waals surface area contributed by atoms with Crippen molar-refractivity contribution < 1.29 is 13.9 Å².